The average Bonchev–Trinajstić information content (AvgIpc) is 2.87. The molecule has 0 atom stereocenters. The van der Waals surface area contributed by atoms with E-state index in [2.05, 4.69) is 36.5 Å². The molecule has 1 N–H and O–H groups in total. The predicted molar refractivity (Wildman–Crippen MR) is 81.8 cm³/mol. The fraction of sp³-hybridized carbons (Fsp3) is 0.571. The second-order valence-corrected chi connectivity index (χ2v) is 7.87. The summed E-state index contributed by atoms with van der Waals surface area (Å²) in [6, 6.07) is 0.734. The molecule has 0 spiro atoms. The van der Waals surface area contributed by atoms with E-state index in [1.807, 2.05) is 5.51 Å². The summed E-state index contributed by atoms with van der Waals surface area (Å²) in [7, 11) is 0. The summed E-state index contributed by atoms with van der Waals surface area (Å²) in [5.74, 6) is 0. The van der Waals surface area contributed by atoms with Crippen molar-refractivity contribution in [2.75, 3.05) is 0 Å². The van der Waals surface area contributed by atoms with Crippen LogP contribution >= 0.6 is 22.7 Å². The molecule has 19 heavy (non-hydrogen) atoms. The largest absolute Gasteiger partial charge is 0.309 e. The normalized spacial score (nSPS) is 15.9. The van der Waals surface area contributed by atoms with Gasteiger partial charge in [0.05, 0.1) is 11.2 Å². The molecule has 1 aliphatic carbocycles. The van der Waals surface area contributed by atoms with E-state index in [4.69, 9.17) is 4.98 Å². The Morgan fingerprint density at radius 1 is 1.37 bits per heavy atom. The lowest BCUT2D eigenvalue weighted by Crippen LogP contribution is -2.19. The van der Waals surface area contributed by atoms with Crippen LogP contribution in [0.3, 0.4) is 0 Å². The Morgan fingerprint density at radius 3 is 2.74 bits per heavy atom. The van der Waals surface area contributed by atoms with Crippen LogP contribution in [0, 0.1) is 0 Å². The van der Waals surface area contributed by atoms with Gasteiger partial charge in [0.25, 0.3) is 0 Å². The van der Waals surface area contributed by atoms with Crippen molar-refractivity contribution in [3.63, 3.8) is 0 Å². The molecule has 0 saturated heterocycles. The van der Waals surface area contributed by atoms with E-state index in [-0.39, 0.29) is 5.41 Å². The van der Waals surface area contributed by atoms with E-state index in [9.17, 15) is 0 Å². The van der Waals surface area contributed by atoms with E-state index in [1.54, 1.807) is 22.7 Å². The highest BCUT2D eigenvalue weighted by atomic mass is 32.1. The maximum Gasteiger partial charge on any atom is 0.143 e. The number of nitrogens with one attached hydrogen (secondary N) is 1. The second kappa shape index (κ2) is 4.96. The van der Waals surface area contributed by atoms with Crippen molar-refractivity contribution in [2.45, 2.75) is 51.6 Å². The van der Waals surface area contributed by atoms with Gasteiger partial charge in [0.2, 0.25) is 0 Å². The van der Waals surface area contributed by atoms with Gasteiger partial charge in [-0.05, 0) is 12.8 Å². The molecular formula is C14H19N3S2. The van der Waals surface area contributed by atoms with Gasteiger partial charge in [-0.3, -0.25) is 0 Å². The molecule has 1 saturated carbocycles. The molecule has 0 amide bonds. The van der Waals surface area contributed by atoms with Crippen molar-refractivity contribution >= 4 is 22.7 Å². The number of hydrogen-bond donors (Lipinski definition) is 1. The molecule has 3 nitrogen and oxygen atoms in total. The third-order valence-electron chi connectivity index (χ3n) is 3.19. The number of thiazole rings is 2. The van der Waals surface area contributed by atoms with Gasteiger partial charge in [0.1, 0.15) is 10.7 Å². The van der Waals surface area contributed by atoms with Crippen molar-refractivity contribution in [1.82, 2.24) is 15.3 Å². The van der Waals surface area contributed by atoms with Gasteiger partial charge < -0.3 is 5.32 Å². The molecule has 5 heteroatoms. The van der Waals surface area contributed by atoms with E-state index in [0.29, 0.717) is 0 Å². The van der Waals surface area contributed by atoms with Crippen molar-refractivity contribution in [3.05, 3.63) is 21.5 Å². The van der Waals surface area contributed by atoms with Gasteiger partial charge in [-0.15, -0.1) is 22.7 Å². The molecule has 102 valence electrons. The third-order valence-corrected chi connectivity index (χ3v) is 4.85. The van der Waals surface area contributed by atoms with Crippen LogP contribution in [-0.2, 0) is 12.0 Å². The first-order valence-electron chi connectivity index (χ1n) is 6.66. The zero-order valence-electron chi connectivity index (χ0n) is 11.6. The molecule has 1 aliphatic rings. The summed E-state index contributed by atoms with van der Waals surface area (Å²) in [6.45, 7) is 7.63. The topological polar surface area (TPSA) is 37.8 Å². The minimum atomic E-state index is 0.0886. The quantitative estimate of drug-likeness (QED) is 0.931. The van der Waals surface area contributed by atoms with E-state index in [0.717, 1.165) is 23.3 Å². The van der Waals surface area contributed by atoms with Crippen LogP contribution in [-0.4, -0.2) is 16.0 Å². The molecule has 3 rings (SSSR count). The summed E-state index contributed by atoms with van der Waals surface area (Å²) >= 11 is 3.41. The Hall–Kier alpha value is -0.780. The van der Waals surface area contributed by atoms with Crippen LogP contribution in [0.2, 0.25) is 0 Å². The predicted octanol–water partition coefficient (Wildman–Crippen LogP) is 3.82. The highest BCUT2D eigenvalue weighted by Gasteiger charge is 2.26. The third kappa shape index (κ3) is 3.04. The maximum absolute atomic E-state index is 4.84. The smallest absolute Gasteiger partial charge is 0.143 e. The fourth-order valence-corrected chi connectivity index (χ4v) is 3.81. The molecule has 0 radical (unpaired) electrons. The first-order chi connectivity index (χ1) is 9.04. The lowest BCUT2D eigenvalue weighted by atomic mass is 9.91. The molecule has 0 bridgehead atoms. The molecule has 2 aromatic rings. The molecule has 0 aromatic carbocycles. The van der Waals surface area contributed by atoms with Gasteiger partial charge in [-0.1, -0.05) is 20.8 Å². The van der Waals surface area contributed by atoms with Crippen LogP contribution in [0.1, 0.15) is 44.2 Å². The Morgan fingerprint density at radius 2 is 2.16 bits per heavy atom. The lowest BCUT2D eigenvalue weighted by Gasteiger charge is -2.17. The first kappa shape index (κ1) is 13.2. The molecule has 2 heterocycles. The molecule has 0 aliphatic heterocycles. The molecule has 1 fully saturated rings. The summed E-state index contributed by atoms with van der Waals surface area (Å²) in [6.07, 6.45) is 2.64. The number of nitrogens with zero attached hydrogens (tertiary/aromatic N) is 2. The summed E-state index contributed by atoms with van der Waals surface area (Å²) in [5, 5.41) is 6.72. The number of rotatable bonds is 4. The van der Waals surface area contributed by atoms with Crippen LogP contribution in [0.25, 0.3) is 10.7 Å². The molecule has 0 unspecified atom stereocenters. The number of hydrogen-bond acceptors (Lipinski definition) is 5. The van der Waals surface area contributed by atoms with E-state index < -0.39 is 0 Å². The maximum atomic E-state index is 4.84. The monoisotopic (exact) mass is 293 g/mol. The number of aromatic nitrogens is 2. The van der Waals surface area contributed by atoms with Crippen molar-refractivity contribution in [2.24, 2.45) is 0 Å². The lowest BCUT2D eigenvalue weighted by molar-refractivity contribution is 0.559. The van der Waals surface area contributed by atoms with Gasteiger partial charge in [-0.2, -0.15) is 0 Å². The van der Waals surface area contributed by atoms with Gasteiger partial charge in [-0.25, -0.2) is 9.97 Å². The standard InChI is InChI=1S/C14H19N3S2/c1-14(2,3)12-11(6-15-9-4-5-9)19-13(17-12)10-7-18-8-16-10/h7-9,15H,4-6H2,1-3H3. The zero-order chi connectivity index (χ0) is 13.5. The van der Waals surface area contributed by atoms with Gasteiger partial charge >= 0.3 is 0 Å². The average molecular weight is 293 g/mol. The molecule has 2 aromatic heterocycles. The van der Waals surface area contributed by atoms with Crippen molar-refractivity contribution in [1.29, 1.82) is 0 Å². The van der Waals surface area contributed by atoms with E-state index >= 15 is 0 Å². The van der Waals surface area contributed by atoms with Crippen LogP contribution in [0.15, 0.2) is 10.9 Å². The fourth-order valence-electron chi connectivity index (χ4n) is 2.01. The van der Waals surface area contributed by atoms with E-state index in [1.165, 1.54) is 23.4 Å². The van der Waals surface area contributed by atoms with Crippen LogP contribution < -0.4 is 5.32 Å². The Balaban J connectivity index is 1.90. The minimum Gasteiger partial charge on any atom is -0.309 e. The van der Waals surface area contributed by atoms with Crippen molar-refractivity contribution < 1.29 is 0 Å². The Kier molecular flexibility index (Phi) is 3.45. The molecular weight excluding hydrogens is 274 g/mol. The van der Waals surface area contributed by atoms with Gasteiger partial charge in [0, 0.05) is 28.3 Å². The Bertz CT molecular complexity index is 548. The Labute approximate surface area is 122 Å². The highest BCUT2D eigenvalue weighted by Crippen LogP contribution is 2.34. The SMILES string of the molecule is CC(C)(C)c1nc(-c2cscn2)sc1CNC1CC1. The summed E-state index contributed by atoms with van der Waals surface area (Å²) < 4.78 is 0. The minimum absolute atomic E-state index is 0.0886. The summed E-state index contributed by atoms with van der Waals surface area (Å²) in [5.41, 5.74) is 4.19. The first-order valence-corrected chi connectivity index (χ1v) is 8.42. The zero-order valence-corrected chi connectivity index (χ0v) is 13.2. The van der Waals surface area contributed by atoms with Gasteiger partial charge in [0.15, 0.2) is 0 Å². The van der Waals surface area contributed by atoms with Crippen LogP contribution in [0.5, 0.6) is 0 Å². The second-order valence-electron chi connectivity index (χ2n) is 6.07. The van der Waals surface area contributed by atoms with Crippen LogP contribution in [0.4, 0.5) is 0 Å². The highest BCUT2D eigenvalue weighted by molar-refractivity contribution is 7.15. The summed E-state index contributed by atoms with van der Waals surface area (Å²) in [4.78, 5) is 10.6. The van der Waals surface area contributed by atoms with Crippen molar-refractivity contribution in [3.8, 4) is 10.7 Å².